The van der Waals surface area contributed by atoms with Gasteiger partial charge < -0.3 is 10.4 Å². The lowest BCUT2D eigenvalue weighted by molar-refractivity contribution is -0.394. The highest BCUT2D eigenvalue weighted by molar-refractivity contribution is 7.80. The number of nitro benzene ring substituents is 2. The predicted molar refractivity (Wildman–Crippen MR) is 96.8 cm³/mol. The molecule has 0 aromatic heterocycles. The van der Waals surface area contributed by atoms with Crippen LogP contribution in [0.15, 0.2) is 42.5 Å². The Morgan fingerprint density at radius 2 is 1.44 bits per heavy atom. The van der Waals surface area contributed by atoms with E-state index < -0.39 is 33.1 Å². The van der Waals surface area contributed by atoms with Crippen LogP contribution in [-0.2, 0) is 0 Å². The van der Waals surface area contributed by atoms with Crippen molar-refractivity contribution in [1.29, 1.82) is 0 Å². The van der Waals surface area contributed by atoms with Crippen molar-refractivity contribution in [2.75, 3.05) is 5.32 Å². The van der Waals surface area contributed by atoms with Gasteiger partial charge in [-0.1, -0.05) is 0 Å². The van der Waals surface area contributed by atoms with Gasteiger partial charge in [0.1, 0.15) is 0 Å². The number of aromatic carboxylic acids is 1. The van der Waals surface area contributed by atoms with Gasteiger partial charge in [-0.3, -0.25) is 30.3 Å². The fourth-order valence-electron chi connectivity index (χ4n) is 1.97. The van der Waals surface area contributed by atoms with Gasteiger partial charge in [0.25, 0.3) is 17.3 Å². The number of amides is 1. The van der Waals surface area contributed by atoms with E-state index in [-0.39, 0.29) is 16.2 Å². The number of hydrogen-bond donors (Lipinski definition) is 3. The van der Waals surface area contributed by atoms with Gasteiger partial charge in [-0.05, 0) is 36.5 Å². The molecule has 0 bridgehead atoms. The number of carbonyl (C=O) groups is 2. The molecule has 0 aliphatic rings. The van der Waals surface area contributed by atoms with E-state index in [2.05, 4.69) is 10.6 Å². The summed E-state index contributed by atoms with van der Waals surface area (Å²) in [5, 5.41) is 35.2. The molecule has 0 aliphatic carbocycles. The number of rotatable bonds is 5. The van der Waals surface area contributed by atoms with Crippen LogP contribution in [0, 0.1) is 20.2 Å². The van der Waals surface area contributed by atoms with Crippen LogP contribution in [-0.4, -0.2) is 31.9 Å². The number of carboxylic acid groups (broad SMARTS) is 1. The molecular formula is C15H10N4O7S. The molecule has 0 spiro atoms. The van der Waals surface area contributed by atoms with Crippen molar-refractivity contribution in [2.45, 2.75) is 0 Å². The van der Waals surface area contributed by atoms with Gasteiger partial charge in [0, 0.05) is 17.8 Å². The second-order valence-corrected chi connectivity index (χ2v) is 5.45. The number of non-ortho nitro benzene ring substituents is 2. The number of carboxylic acids is 1. The highest BCUT2D eigenvalue weighted by Gasteiger charge is 2.20. The Bertz CT molecular complexity index is 927. The Kier molecular flexibility index (Phi) is 5.72. The zero-order valence-corrected chi connectivity index (χ0v) is 14.1. The maximum Gasteiger partial charge on any atom is 0.335 e. The SMILES string of the molecule is O=C(O)c1ccc(NC(=S)NC(=O)c2cc([N+](=O)[O-])cc([N+](=O)[O-])c2)cc1. The zero-order valence-electron chi connectivity index (χ0n) is 13.2. The molecule has 0 fully saturated rings. The molecule has 0 saturated heterocycles. The average Bonchev–Trinajstić information content (AvgIpc) is 2.61. The van der Waals surface area contributed by atoms with Crippen molar-refractivity contribution >= 4 is 46.3 Å². The second kappa shape index (κ2) is 7.97. The summed E-state index contributed by atoms with van der Waals surface area (Å²) >= 11 is 4.94. The summed E-state index contributed by atoms with van der Waals surface area (Å²) in [5.74, 6) is -1.99. The van der Waals surface area contributed by atoms with E-state index in [0.717, 1.165) is 18.2 Å². The molecule has 3 N–H and O–H groups in total. The molecule has 2 aromatic carbocycles. The maximum absolute atomic E-state index is 12.2. The lowest BCUT2D eigenvalue weighted by Crippen LogP contribution is -2.34. The van der Waals surface area contributed by atoms with Crippen molar-refractivity contribution < 1.29 is 24.5 Å². The smallest absolute Gasteiger partial charge is 0.335 e. The molecule has 12 heteroatoms. The molecule has 138 valence electrons. The number of carbonyl (C=O) groups excluding carboxylic acids is 1. The number of anilines is 1. The van der Waals surface area contributed by atoms with Crippen LogP contribution in [0.5, 0.6) is 0 Å². The van der Waals surface area contributed by atoms with Gasteiger partial charge >= 0.3 is 5.97 Å². The minimum absolute atomic E-state index is 0.0550. The van der Waals surface area contributed by atoms with E-state index in [4.69, 9.17) is 17.3 Å². The first kappa shape index (κ1) is 19.4. The monoisotopic (exact) mass is 390 g/mol. The van der Waals surface area contributed by atoms with Gasteiger partial charge in [-0.2, -0.15) is 0 Å². The van der Waals surface area contributed by atoms with Gasteiger partial charge in [-0.25, -0.2) is 4.79 Å². The number of nitrogens with one attached hydrogen (secondary N) is 2. The van der Waals surface area contributed by atoms with Crippen LogP contribution in [0.25, 0.3) is 0 Å². The summed E-state index contributed by atoms with van der Waals surface area (Å²) in [6, 6.07) is 7.97. The van der Waals surface area contributed by atoms with Crippen molar-refractivity contribution in [2.24, 2.45) is 0 Å². The number of nitro groups is 2. The molecular weight excluding hydrogens is 380 g/mol. The first-order valence-electron chi connectivity index (χ1n) is 7.07. The van der Waals surface area contributed by atoms with Crippen LogP contribution in [0.1, 0.15) is 20.7 Å². The third-order valence-corrected chi connectivity index (χ3v) is 3.41. The summed E-state index contributed by atoms with van der Waals surface area (Å²) in [4.78, 5) is 43.0. The van der Waals surface area contributed by atoms with Crippen molar-refractivity contribution in [3.05, 3.63) is 73.8 Å². The first-order valence-corrected chi connectivity index (χ1v) is 7.48. The number of nitrogens with zero attached hydrogens (tertiary/aromatic N) is 2. The van der Waals surface area contributed by atoms with Crippen molar-refractivity contribution in [3.8, 4) is 0 Å². The fourth-order valence-corrected chi connectivity index (χ4v) is 2.18. The first-order chi connectivity index (χ1) is 12.7. The molecule has 2 rings (SSSR count). The Hall–Kier alpha value is -3.93. The second-order valence-electron chi connectivity index (χ2n) is 5.04. The predicted octanol–water partition coefficient (Wildman–Crippen LogP) is 2.33. The molecule has 2 aromatic rings. The van der Waals surface area contributed by atoms with Crippen molar-refractivity contribution in [1.82, 2.24) is 5.32 Å². The highest BCUT2D eigenvalue weighted by atomic mass is 32.1. The summed E-state index contributed by atoms with van der Waals surface area (Å²) in [6.45, 7) is 0. The van der Waals surface area contributed by atoms with Gasteiger partial charge in [-0.15, -0.1) is 0 Å². The molecule has 0 heterocycles. The Balaban J connectivity index is 2.14. The topological polar surface area (TPSA) is 165 Å². The van der Waals surface area contributed by atoms with E-state index in [1.165, 1.54) is 24.3 Å². The molecule has 0 saturated carbocycles. The fraction of sp³-hybridized carbons (Fsp3) is 0. The number of benzene rings is 2. The average molecular weight is 390 g/mol. The van der Waals surface area contributed by atoms with E-state index in [0.29, 0.717) is 5.69 Å². The Morgan fingerprint density at radius 3 is 1.89 bits per heavy atom. The zero-order chi connectivity index (χ0) is 20.1. The molecule has 11 nitrogen and oxygen atoms in total. The van der Waals surface area contributed by atoms with Crippen LogP contribution >= 0.6 is 12.2 Å². The van der Waals surface area contributed by atoms with Crippen molar-refractivity contribution in [3.63, 3.8) is 0 Å². The summed E-state index contributed by atoms with van der Waals surface area (Å²) in [5.41, 5.74) is -1.11. The number of thiocarbonyl (C=S) groups is 1. The Labute approximate surface area is 155 Å². The van der Waals surface area contributed by atoms with Crippen LogP contribution < -0.4 is 10.6 Å². The summed E-state index contributed by atoms with van der Waals surface area (Å²) in [7, 11) is 0. The van der Waals surface area contributed by atoms with Crippen LogP contribution in [0.2, 0.25) is 0 Å². The van der Waals surface area contributed by atoms with E-state index in [1.54, 1.807) is 0 Å². The molecule has 0 unspecified atom stereocenters. The standard InChI is InChI=1S/C15H10N4O7S/c20-13(9-5-11(18(23)24)7-12(6-9)19(25)26)17-15(27)16-10-3-1-8(2-4-10)14(21)22/h1-7H,(H,21,22)(H2,16,17,20,27). The van der Waals surface area contributed by atoms with Crippen LogP contribution in [0.4, 0.5) is 17.1 Å². The molecule has 0 atom stereocenters. The van der Waals surface area contributed by atoms with E-state index in [1.807, 2.05) is 0 Å². The number of hydrogen-bond acceptors (Lipinski definition) is 7. The van der Waals surface area contributed by atoms with Crippen LogP contribution in [0.3, 0.4) is 0 Å². The van der Waals surface area contributed by atoms with Gasteiger partial charge in [0.05, 0.1) is 27.0 Å². The molecule has 1 amide bonds. The van der Waals surface area contributed by atoms with E-state index >= 15 is 0 Å². The third-order valence-electron chi connectivity index (χ3n) is 3.20. The minimum Gasteiger partial charge on any atom is -0.478 e. The third kappa shape index (κ3) is 5.02. The molecule has 0 aliphatic heterocycles. The van der Waals surface area contributed by atoms with Gasteiger partial charge in [0.15, 0.2) is 5.11 Å². The Morgan fingerprint density at radius 1 is 0.926 bits per heavy atom. The maximum atomic E-state index is 12.2. The molecule has 0 radical (unpaired) electrons. The summed E-state index contributed by atoms with van der Waals surface area (Å²) in [6.07, 6.45) is 0. The normalized spacial score (nSPS) is 9.93. The minimum atomic E-state index is -1.11. The highest BCUT2D eigenvalue weighted by Crippen LogP contribution is 2.22. The van der Waals surface area contributed by atoms with E-state index in [9.17, 15) is 29.8 Å². The van der Waals surface area contributed by atoms with Gasteiger partial charge in [0.2, 0.25) is 0 Å². The largest absolute Gasteiger partial charge is 0.478 e. The summed E-state index contributed by atoms with van der Waals surface area (Å²) < 4.78 is 0. The lowest BCUT2D eigenvalue weighted by atomic mass is 10.1. The quantitative estimate of drug-likeness (QED) is 0.394. The molecule has 27 heavy (non-hydrogen) atoms. The lowest BCUT2D eigenvalue weighted by Gasteiger charge is -2.10.